The van der Waals surface area contributed by atoms with E-state index in [2.05, 4.69) is 26.8 Å². The van der Waals surface area contributed by atoms with Gasteiger partial charge in [0.2, 0.25) is 5.89 Å². The van der Waals surface area contributed by atoms with E-state index in [1.165, 1.54) is 0 Å². The second-order valence-corrected chi connectivity index (χ2v) is 3.58. The van der Waals surface area contributed by atoms with Crippen LogP contribution in [0.25, 0.3) is 0 Å². The Morgan fingerprint density at radius 2 is 2.21 bits per heavy atom. The second-order valence-electron chi connectivity index (χ2n) is 3.58. The highest BCUT2D eigenvalue weighted by Crippen LogP contribution is 2.23. The van der Waals surface area contributed by atoms with Crippen LogP contribution in [0.5, 0.6) is 0 Å². The molecule has 1 N–H and O–H groups in total. The van der Waals surface area contributed by atoms with Gasteiger partial charge in [0.1, 0.15) is 13.2 Å². The van der Waals surface area contributed by atoms with Crippen LogP contribution < -0.4 is 5.32 Å². The van der Waals surface area contributed by atoms with Crippen LogP contribution in [-0.2, 0) is 17.9 Å². The SMILES string of the molecule is C=CCNCc1nc(COCC(F)(F)C(F)F)no1. The zero-order chi connectivity index (χ0) is 14.3. The third kappa shape index (κ3) is 5.35. The molecule has 9 heteroatoms. The molecule has 0 atom stereocenters. The van der Waals surface area contributed by atoms with Gasteiger partial charge in [-0.1, -0.05) is 11.2 Å². The van der Waals surface area contributed by atoms with E-state index >= 15 is 0 Å². The van der Waals surface area contributed by atoms with Crippen LogP contribution in [0, 0.1) is 0 Å². The molecule has 0 unspecified atom stereocenters. The summed E-state index contributed by atoms with van der Waals surface area (Å²) < 4.78 is 57.8. The van der Waals surface area contributed by atoms with Crippen LogP contribution >= 0.6 is 0 Å². The van der Waals surface area contributed by atoms with E-state index in [1.54, 1.807) is 6.08 Å². The maximum absolute atomic E-state index is 12.5. The molecular weight excluding hydrogens is 270 g/mol. The molecule has 1 aromatic heterocycles. The predicted octanol–water partition coefficient (Wildman–Crippen LogP) is 1.76. The molecule has 0 bridgehead atoms. The van der Waals surface area contributed by atoms with Gasteiger partial charge in [0, 0.05) is 6.54 Å². The quantitative estimate of drug-likeness (QED) is 0.425. The number of halogens is 4. The fraction of sp³-hybridized carbons (Fsp3) is 0.600. The van der Waals surface area contributed by atoms with Crippen molar-refractivity contribution < 1.29 is 26.8 Å². The van der Waals surface area contributed by atoms with E-state index in [4.69, 9.17) is 4.52 Å². The lowest BCUT2D eigenvalue weighted by Crippen LogP contribution is -2.32. The molecule has 1 rings (SSSR count). The molecule has 0 aliphatic heterocycles. The lowest BCUT2D eigenvalue weighted by molar-refractivity contribution is -0.168. The van der Waals surface area contributed by atoms with Crippen LogP contribution in [0.2, 0.25) is 0 Å². The zero-order valence-electron chi connectivity index (χ0n) is 9.91. The number of nitrogens with zero attached hydrogens (tertiary/aromatic N) is 2. The van der Waals surface area contributed by atoms with Crippen molar-refractivity contribution in [3.63, 3.8) is 0 Å². The Hall–Kier alpha value is -1.48. The fourth-order valence-electron chi connectivity index (χ4n) is 1.04. The van der Waals surface area contributed by atoms with Crippen molar-refractivity contribution in [1.29, 1.82) is 0 Å². The van der Waals surface area contributed by atoms with Gasteiger partial charge in [0.15, 0.2) is 5.82 Å². The van der Waals surface area contributed by atoms with Crippen molar-refractivity contribution in [2.24, 2.45) is 0 Å². The Balaban J connectivity index is 2.32. The molecule has 5 nitrogen and oxygen atoms in total. The number of aromatic nitrogens is 2. The molecule has 19 heavy (non-hydrogen) atoms. The van der Waals surface area contributed by atoms with Gasteiger partial charge in [-0.2, -0.15) is 13.8 Å². The maximum Gasteiger partial charge on any atom is 0.330 e. The molecule has 0 aromatic carbocycles. The van der Waals surface area contributed by atoms with Crippen LogP contribution in [0.15, 0.2) is 17.2 Å². The number of hydrogen-bond donors (Lipinski definition) is 1. The molecule has 108 valence electrons. The Morgan fingerprint density at radius 1 is 1.47 bits per heavy atom. The van der Waals surface area contributed by atoms with E-state index in [0.717, 1.165) is 0 Å². The number of nitrogens with one attached hydrogen (secondary N) is 1. The number of ether oxygens (including phenoxy) is 1. The van der Waals surface area contributed by atoms with Gasteiger partial charge in [-0.3, -0.25) is 0 Å². The largest absolute Gasteiger partial charge is 0.367 e. The molecule has 0 aliphatic rings. The molecule has 0 saturated heterocycles. The first-order chi connectivity index (χ1) is 8.95. The molecule has 0 radical (unpaired) electrons. The highest BCUT2D eigenvalue weighted by molar-refractivity contribution is 4.85. The van der Waals surface area contributed by atoms with Crippen LogP contribution in [0.3, 0.4) is 0 Å². The summed E-state index contributed by atoms with van der Waals surface area (Å²) >= 11 is 0. The fourth-order valence-corrected chi connectivity index (χ4v) is 1.04. The first kappa shape index (κ1) is 15.6. The Labute approximate surface area is 106 Å². The first-order valence-electron chi connectivity index (χ1n) is 5.32. The molecule has 0 fully saturated rings. The third-order valence-corrected chi connectivity index (χ3v) is 1.92. The maximum atomic E-state index is 12.5. The van der Waals surface area contributed by atoms with Gasteiger partial charge in [-0.25, -0.2) is 8.78 Å². The van der Waals surface area contributed by atoms with Crippen molar-refractivity contribution in [3.05, 3.63) is 24.4 Å². The minimum atomic E-state index is -4.18. The summed E-state index contributed by atoms with van der Waals surface area (Å²) in [7, 11) is 0. The van der Waals surface area contributed by atoms with Gasteiger partial charge in [-0.15, -0.1) is 6.58 Å². The third-order valence-electron chi connectivity index (χ3n) is 1.92. The Kier molecular flexibility index (Phi) is 5.90. The lowest BCUT2D eigenvalue weighted by Gasteiger charge is -2.14. The summed E-state index contributed by atoms with van der Waals surface area (Å²) in [5.41, 5.74) is 0. The minimum Gasteiger partial charge on any atom is -0.367 e. The monoisotopic (exact) mass is 283 g/mol. The van der Waals surface area contributed by atoms with Crippen molar-refractivity contribution >= 4 is 0 Å². The summed E-state index contributed by atoms with van der Waals surface area (Å²) in [5.74, 6) is -3.93. The lowest BCUT2D eigenvalue weighted by atomic mass is 10.4. The van der Waals surface area contributed by atoms with Crippen LogP contribution in [0.1, 0.15) is 11.7 Å². The number of alkyl halides is 4. The number of hydrogen-bond acceptors (Lipinski definition) is 5. The van der Waals surface area contributed by atoms with Gasteiger partial charge in [0.25, 0.3) is 0 Å². The second kappa shape index (κ2) is 7.19. The zero-order valence-corrected chi connectivity index (χ0v) is 9.91. The smallest absolute Gasteiger partial charge is 0.330 e. The summed E-state index contributed by atoms with van der Waals surface area (Å²) in [4.78, 5) is 3.81. The molecule has 0 aliphatic carbocycles. The Bertz CT molecular complexity index is 398. The van der Waals surface area contributed by atoms with E-state index in [-0.39, 0.29) is 18.3 Å². The topological polar surface area (TPSA) is 60.2 Å². The Morgan fingerprint density at radius 3 is 2.84 bits per heavy atom. The van der Waals surface area contributed by atoms with Gasteiger partial charge in [0.05, 0.1) is 6.54 Å². The molecule has 0 amide bonds. The average molecular weight is 283 g/mol. The van der Waals surface area contributed by atoms with Crippen molar-refractivity contribution in [1.82, 2.24) is 15.5 Å². The van der Waals surface area contributed by atoms with Gasteiger partial charge < -0.3 is 14.6 Å². The highest BCUT2D eigenvalue weighted by Gasteiger charge is 2.41. The van der Waals surface area contributed by atoms with E-state index in [1.807, 2.05) is 0 Å². The average Bonchev–Trinajstić information content (AvgIpc) is 2.77. The number of rotatable bonds is 9. The molecular formula is C10H13F4N3O2. The van der Waals surface area contributed by atoms with E-state index < -0.39 is 25.6 Å². The van der Waals surface area contributed by atoms with E-state index in [9.17, 15) is 17.6 Å². The van der Waals surface area contributed by atoms with Gasteiger partial charge in [-0.05, 0) is 0 Å². The summed E-state index contributed by atoms with van der Waals surface area (Å²) in [6, 6.07) is 0. The summed E-state index contributed by atoms with van der Waals surface area (Å²) in [6.45, 7) is 2.49. The van der Waals surface area contributed by atoms with Crippen LogP contribution in [0.4, 0.5) is 17.6 Å². The van der Waals surface area contributed by atoms with Crippen molar-refractivity contribution in [3.8, 4) is 0 Å². The predicted molar refractivity (Wildman–Crippen MR) is 56.8 cm³/mol. The molecule has 1 aromatic rings. The normalized spacial score (nSPS) is 12.1. The molecule has 0 saturated carbocycles. The van der Waals surface area contributed by atoms with Crippen LogP contribution in [-0.4, -0.2) is 35.6 Å². The standard InChI is InChI=1S/C10H13F4N3O2/c1-2-3-15-4-8-16-7(17-19-8)5-18-6-10(13,14)9(11)12/h2,9,15H,1,3-6H2. The molecule has 1 heterocycles. The summed E-state index contributed by atoms with van der Waals surface area (Å²) in [6.07, 6.45) is -2.14. The minimum absolute atomic E-state index is 0.0143. The van der Waals surface area contributed by atoms with Crippen molar-refractivity contribution in [2.75, 3.05) is 13.2 Å². The van der Waals surface area contributed by atoms with Crippen molar-refractivity contribution in [2.45, 2.75) is 25.5 Å². The molecule has 0 spiro atoms. The first-order valence-corrected chi connectivity index (χ1v) is 5.32. The highest BCUT2D eigenvalue weighted by atomic mass is 19.3. The summed E-state index contributed by atoms with van der Waals surface area (Å²) in [5, 5.41) is 6.34. The van der Waals surface area contributed by atoms with E-state index in [0.29, 0.717) is 6.54 Å². The van der Waals surface area contributed by atoms with Gasteiger partial charge >= 0.3 is 12.3 Å².